The number of carboxylic acid groups (broad SMARTS) is 1. The average Bonchev–Trinajstić information content (AvgIpc) is 2.13. The zero-order valence-corrected chi connectivity index (χ0v) is 8.17. The van der Waals surface area contributed by atoms with E-state index in [-0.39, 0.29) is 18.6 Å². The van der Waals surface area contributed by atoms with Crippen LogP contribution in [0.4, 0.5) is 8.78 Å². The lowest BCUT2D eigenvalue weighted by molar-refractivity contribution is -0.153. The zero-order valence-electron chi connectivity index (χ0n) is 8.17. The minimum absolute atomic E-state index is 0.301. The Morgan fingerprint density at radius 3 is 2.12 bits per heavy atom. The molecule has 3 nitrogen and oxygen atoms in total. The van der Waals surface area contributed by atoms with E-state index in [0.717, 1.165) is 18.2 Å². The first kappa shape index (κ1) is 10.7. The number of benzene rings is 1. The van der Waals surface area contributed by atoms with Crippen LogP contribution in [0, 0.1) is 11.6 Å². The molecule has 1 aliphatic carbocycles. The summed E-state index contributed by atoms with van der Waals surface area (Å²) in [6.07, 6.45) is -0.694. The van der Waals surface area contributed by atoms with Gasteiger partial charge in [0, 0.05) is 18.4 Å². The van der Waals surface area contributed by atoms with E-state index in [1.807, 2.05) is 0 Å². The van der Waals surface area contributed by atoms with E-state index in [1.54, 1.807) is 0 Å². The van der Waals surface area contributed by atoms with Crippen LogP contribution >= 0.6 is 0 Å². The molecule has 5 heteroatoms. The van der Waals surface area contributed by atoms with E-state index >= 15 is 0 Å². The highest BCUT2D eigenvalue weighted by molar-refractivity contribution is 6.01. The summed E-state index contributed by atoms with van der Waals surface area (Å²) in [5, 5.41) is 9.02. The van der Waals surface area contributed by atoms with E-state index in [1.165, 1.54) is 0 Å². The van der Waals surface area contributed by atoms with Crippen molar-refractivity contribution >= 4 is 11.8 Å². The Balaban J connectivity index is 2.57. The lowest BCUT2D eigenvalue weighted by atomic mass is 9.63. The lowest BCUT2D eigenvalue weighted by Gasteiger charge is -2.36. The van der Waals surface area contributed by atoms with Crippen molar-refractivity contribution in [3.05, 3.63) is 35.4 Å². The van der Waals surface area contributed by atoms with Gasteiger partial charge in [-0.1, -0.05) is 6.07 Å². The highest BCUT2D eigenvalue weighted by atomic mass is 19.1. The van der Waals surface area contributed by atoms with Crippen LogP contribution in [0.3, 0.4) is 0 Å². The molecule has 1 aromatic carbocycles. The molecule has 0 atom stereocenters. The summed E-state index contributed by atoms with van der Waals surface area (Å²) >= 11 is 0. The Bertz CT molecular complexity index is 454. The Kier molecular flexibility index (Phi) is 2.26. The topological polar surface area (TPSA) is 54.4 Å². The normalized spacial score (nSPS) is 18.0. The number of rotatable bonds is 2. The van der Waals surface area contributed by atoms with Gasteiger partial charge in [-0.25, -0.2) is 8.78 Å². The second kappa shape index (κ2) is 3.37. The molecule has 1 aromatic rings. The third-order valence-corrected chi connectivity index (χ3v) is 2.85. The Labute approximate surface area is 89.7 Å². The molecule has 0 heterocycles. The summed E-state index contributed by atoms with van der Waals surface area (Å²) in [6, 6.07) is 3.14. The van der Waals surface area contributed by atoms with Crippen molar-refractivity contribution in [2.75, 3.05) is 0 Å². The van der Waals surface area contributed by atoms with E-state index in [9.17, 15) is 18.4 Å². The monoisotopic (exact) mass is 226 g/mol. The van der Waals surface area contributed by atoms with Crippen LogP contribution < -0.4 is 0 Å². The van der Waals surface area contributed by atoms with Crippen LogP contribution in [0.15, 0.2) is 18.2 Å². The number of Topliss-reactive ketones (excluding diaryl/α,β-unsaturated/α-hetero) is 1. The predicted octanol–water partition coefficient (Wildman–Crippen LogP) is 1.65. The fourth-order valence-corrected chi connectivity index (χ4v) is 2.01. The van der Waals surface area contributed by atoms with Gasteiger partial charge in [0.15, 0.2) is 0 Å². The van der Waals surface area contributed by atoms with Gasteiger partial charge in [-0.3, -0.25) is 9.59 Å². The first-order chi connectivity index (χ1) is 7.47. The van der Waals surface area contributed by atoms with Crippen molar-refractivity contribution in [3.8, 4) is 0 Å². The highest BCUT2D eigenvalue weighted by Gasteiger charge is 2.54. The number of hydrogen-bond acceptors (Lipinski definition) is 2. The van der Waals surface area contributed by atoms with Crippen molar-refractivity contribution in [2.45, 2.75) is 18.3 Å². The first-order valence-corrected chi connectivity index (χ1v) is 4.67. The molecule has 0 amide bonds. The molecule has 1 saturated carbocycles. The van der Waals surface area contributed by atoms with Crippen LogP contribution in [0.5, 0.6) is 0 Å². The van der Waals surface area contributed by atoms with Crippen molar-refractivity contribution < 1.29 is 23.5 Å². The van der Waals surface area contributed by atoms with Gasteiger partial charge < -0.3 is 5.11 Å². The largest absolute Gasteiger partial charge is 0.481 e. The standard InChI is InChI=1S/C11H8F2O3/c12-7-2-1-3-8(13)9(7)11(10(15)16)4-6(14)5-11/h1-3H,4-5H2,(H,15,16). The number of carboxylic acids is 1. The van der Waals surface area contributed by atoms with Gasteiger partial charge in [-0.15, -0.1) is 0 Å². The lowest BCUT2D eigenvalue weighted by Crippen LogP contribution is -2.49. The Hall–Kier alpha value is -1.78. The van der Waals surface area contributed by atoms with Crippen LogP contribution in [0.2, 0.25) is 0 Å². The van der Waals surface area contributed by atoms with E-state index in [0.29, 0.717) is 0 Å². The molecule has 0 aromatic heterocycles. The quantitative estimate of drug-likeness (QED) is 0.834. The third-order valence-electron chi connectivity index (χ3n) is 2.85. The van der Waals surface area contributed by atoms with Gasteiger partial charge in [-0.05, 0) is 12.1 Å². The third kappa shape index (κ3) is 1.31. The summed E-state index contributed by atoms with van der Waals surface area (Å²) in [5.74, 6) is -3.51. The first-order valence-electron chi connectivity index (χ1n) is 4.67. The molecule has 1 fully saturated rings. The number of aliphatic carboxylic acids is 1. The van der Waals surface area contributed by atoms with Crippen molar-refractivity contribution in [1.82, 2.24) is 0 Å². The minimum atomic E-state index is -1.72. The number of halogens is 2. The van der Waals surface area contributed by atoms with Crippen molar-refractivity contribution in [1.29, 1.82) is 0 Å². The van der Waals surface area contributed by atoms with Crippen molar-refractivity contribution in [2.24, 2.45) is 0 Å². The average molecular weight is 226 g/mol. The second-order valence-corrected chi connectivity index (χ2v) is 3.88. The summed E-state index contributed by atoms with van der Waals surface area (Å²) in [4.78, 5) is 22.0. The Morgan fingerprint density at radius 2 is 1.75 bits per heavy atom. The van der Waals surface area contributed by atoms with E-state index in [2.05, 4.69) is 0 Å². The molecule has 0 unspecified atom stereocenters. The van der Waals surface area contributed by atoms with Crippen molar-refractivity contribution in [3.63, 3.8) is 0 Å². The molecule has 84 valence electrons. The molecule has 0 aliphatic heterocycles. The fourth-order valence-electron chi connectivity index (χ4n) is 2.01. The molecular formula is C11H8F2O3. The summed E-state index contributed by atoms with van der Waals surface area (Å²) in [6.45, 7) is 0. The molecule has 0 spiro atoms. The SMILES string of the molecule is O=C1CC(C(=O)O)(c2c(F)cccc2F)C1. The summed E-state index contributed by atoms with van der Waals surface area (Å²) in [7, 11) is 0. The zero-order chi connectivity index (χ0) is 11.9. The van der Waals surface area contributed by atoms with Crippen LogP contribution in [-0.4, -0.2) is 16.9 Å². The maximum Gasteiger partial charge on any atom is 0.315 e. The molecule has 0 saturated heterocycles. The maximum absolute atomic E-state index is 13.4. The number of carbonyl (C=O) groups excluding carboxylic acids is 1. The second-order valence-electron chi connectivity index (χ2n) is 3.88. The summed E-state index contributed by atoms with van der Waals surface area (Å²) in [5.41, 5.74) is -2.23. The van der Waals surface area contributed by atoms with E-state index < -0.39 is 28.6 Å². The van der Waals surface area contributed by atoms with Gasteiger partial charge in [0.25, 0.3) is 0 Å². The van der Waals surface area contributed by atoms with Gasteiger partial charge >= 0.3 is 5.97 Å². The molecule has 1 N–H and O–H groups in total. The molecule has 2 rings (SSSR count). The molecule has 1 aliphatic rings. The highest BCUT2D eigenvalue weighted by Crippen LogP contribution is 2.43. The molecular weight excluding hydrogens is 218 g/mol. The number of carbonyl (C=O) groups is 2. The van der Waals surface area contributed by atoms with Gasteiger partial charge in [-0.2, -0.15) is 0 Å². The predicted molar refractivity (Wildman–Crippen MR) is 49.9 cm³/mol. The van der Waals surface area contributed by atoms with E-state index in [4.69, 9.17) is 5.11 Å². The summed E-state index contributed by atoms with van der Waals surface area (Å²) < 4.78 is 26.9. The smallest absolute Gasteiger partial charge is 0.315 e. The fraction of sp³-hybridized carbons (Fsp3) is 0.273. The maximum atomic E-state index is 13.4. The number of hydrogen-bond donors (Lipinski definition) is 1. The van der Waals surface area contributed by atoms with Crippen LogP contribution in [0.25, 0.3) is 0 Å². The van der Waals surface area contributed by atoms with Gasteiger partial charge in [0.1, 0.15) is 22.8 Å². The Morgan fingerprint density at radius 1 is 1.25 bits per heavy atom. The molecule has 0 bridgehead atoms. The van der Waals surface area contributed by atoms with Crippen LogP contribution in [-0.2, 0) is 15.0 Å². The molecule has 16 heavy (non-hydrogen) atoms. The van der Waals surface area contributed by atoms with Crippen LogP contribution in [0.1, 0.15) is 18.4 Å². The van der Waals surface area contributed by atoms with Gasteiger partial charge in [0.05, 0.1) is 0 Å². The number of ketones is 1. The minimum Gasteiger partial charge on any atom is -0.481 e. The van der Waals surface area contributed by atoms with Gasteiger partial charge in [0.2, 0.25) is 0 Å². The molecule has 0 radical (unpaired) electrons.